The molecule has 2 aliphatic rings. The number of hydrogen-bond donors (Lipinski definition) is 0. The van der Waals surface area contributed by atoms with Gasteiger partial charge in [-0.15, -0.1) is 0 Å². The summed E-state index contributed by atoms with van der Waals surface area (Å²) in [4.78, 5) is 4.51. The number of fused-ring (bicyclic) bond motifs is 3. The highest BCUT2D eigenvalue weighted by Crippen LogP contribution is 2.39. The van der Waals surface area contributed by atoms with Crippen molar-refractivity contribution in [3.63, 3.8) is 0 Å². The second-order valence-corrected chi connectivity index (χ2v) is 7.80. The van der Waals surface area contributed by atoms with Crippen molar-refractivity contribution in [2.75, 3.05) is 0 Å². The van der Waals surface area contributed by atoms with Crippen LogP contribution in [0.15, 0.2) is 12.1 Å². The summed E-state index contributed by atoms with van der Waals surface area (Å²) in [7, 11) is -1.07. The Morgan fingerprint density at radius 1 is 1.12 bits per heavy atom. The molecular weight excluding hydrogens is 332 g/mol. The van der Waals surface area contributed by atoms with Crippen LogP contribution in [0.5, 0.6) is 0 Å². The largest absolute Gasteiger partial charge is 0.495 e. The lowest BCUT2D eigenvalue weighted by molar-refractivity contribution is -0.136. The normalized spacial score (nSPS) is 22.0. The van der Waals surface area contributed by atoms with E-state index in [0.717, 1.165) is 18.7 Å². The van der Waals surface area contributed by atoms with Crippen LogP contribution in [0, 0.1) is 0 Å². The Morgan fingerprint density at radius 2 is 1.76 bits per heavy atom. The fraction of sp³-hybridized carbons (Fsp3) is 0.588. The molecule has 1 saturated heterocycles. The van der Waals surface area contributed by atoms with Crippen molar-refractivity contribution in [3.8, 4) is 0 Å². The molecule has 0 N–H and O–H groups in total. The topological polar surface area (TPSA) is 36.3 Å². The van der Waals surface area contributed by atoms with E-state index < -0.39 is 30.1 Å². The Bertz CT molecular complexity index is 842. The smallest absolute Gasteiger partial charge is 0.399 e. The van der Waals surface area contributed by atoms with Crippen molar-refractivity contribution in [1.82, 2.24) is 9.55 Å². The average molecular weight is 352 g/mol. The number of nitrogens with zero attached hydrogens (tertiary/aromatic N) is 2. The van der Waals surface area contributed by atoms with E-state index in [9.17, 15) is 13.2 Å². The number of aromatic nitrogens is 2. The third-order valence-electron chi connectivity index (χ3n) is 5.59. The molecule has 25 heavy (non-hydrogen) atoms. The summed E-state index contributed by atoms with van der Waals surface area (Å²) in [6, 6.07) is 2.67. The van der Waals surface area contributed by atoms with Crippen molar-refractivity contribution in [2.45, 2.75) is 64.5 Å². The molecule has 4 nitrogen and oxygen atoms in total. The van der Waals surface area contributed by atoms with E-state index in [2.05, 4.69) is 4.98 Å². The van der Waals surface area contributed by atoms with Crippen molar-refractivity contribution in [3.05, 3.63) is 23.5 Å². The van der Waals surface area contributed by atoms with Gasteiger partial charge in [-0.25, -0.2) is 4.98 Å². The zero-order chi connectivity index (χ0) is 18.2. The van der Waals surface area contributed by atoms with Gasteiger partial charge in [-0.05, 0) is 51.7 Å². The highest BCUT2D eigenvalue weighted by molar-refractivity contribution is 6.63. The Hall–Kier alpha value is -1.54. The Labute approximate surface area is 144 Å². The monoisotopic (exact) mass is 352 g/mol. The fourth-order valence-electron chi connectivity index (χ4n) is 3.48. The van der Waals surface area contributed by atoms with Gasteiger partial charge in [0, 0.05) is 13.0 Å². The van der Waals surface area contributed by atoms with Gasteiger partial charge in [0.1, 0.15) is 5.82 Å². The minimum Gasteiger partial charge on any atom is -0.399 e. The molecule has 0 atom stereocenters. The molecule has 2 aliphatic heterocycles. The lowest BCUT2D eigenvalue weighted by atomic mass is 9.75. The molecule has 2 aromatic rings. The number of rotatable bonds is 1. The lowest BCUT2D eigenvalue weighted by Crippen LogP contribution is -2.41. The molecule has 3 heterocycles. The third kappa shape index (κ3) is 2.49. The molecule has 1 aromatic carbocycles. The maximum absolute atomic E-state index is 13.7. The van der Waals surface area contributed by atoms with Gasteiger partial charge in [-0.3, -0.25) is 0 Å². The standard InChI is InChI=1S/C17H20BF3N2O2/c1-15(2)16(3,4)25-18(24-15)11-9-12-13(8-10(11)17(19,20)21)23-7-5-6-14(23)22-12/h8-9H,5-7H2,1-4H3. The highest BCUT2D eigenvalue weighted by atomic mass is 19.4. The van der Waals surface area contributed by atoms with Crippen molar-refractivity contribution in [1.29, 1.82) is 0 Å². The predicted octanol–water partition coefficient (Wildman–Crippen LogP) is 3.30. The van der Waals surface area contributed by atoms with E-state index in [4.69, 9.17) is 9.31 Å². The summed E-state index contributed by atoms with van der Waals surface area (Å²) in [5.41, 5.74) is -1.03. The second-order valence-electron chi connectivity index (χ2n) is 7.80. The van der Waals surface area contributed by atoms with Crippen LogP contribution in [0.25, 0.3) is 11.0 Å². The van der Waals surface area contributed by atoms with Gasteiger partial charge in [-0.2, -0.15) is 13.2 Å². The molecule has 0 aliphatic carbocycles. The van der Waals surface area contributed by atoms with Gasteiger partial charge in [0.05, 0.1) is 27.8 Å². The van der Waals surface area contributed by atoms with Crippen LogP contribution in [0.2, 0.25) is 0 Å². The Kier molecular flexibility index (Phi) is 3.39. The van der Waals surface area contributed by atoms with Gasteiger partial charge in [0.15, 0.2) is 0 Å². The van der Waals surface area contributed by atoms with E-state index in [1.165, 1.54) is 12.1 Å². The Morgan fingerprint density at radius 3 is 2.36 bits per heavy atom. The summed E-state index contributed by atoms with van der Waals surface area (Å²) in [6.45, 7) is 8.00. The summed E-state index contributed by atoms with van der Waals surface area (Å²) in [5, 5.41) is 0. The van der Waals surface area contributed by atoms with Crippen LogP contribution in [0.4, 0.5) is 13.2 Å². The van der Waals surface area contributed by atoms with E-state index in [0.29, 0.717) is 17.6 Å². The minimum absolute atomic E-state index is 0.00424. The molecule has 1 fully saturated rings. The molecule has 0 saturated carbocycles. The maximum atomic E-state index is 13.7. The molecule has 8 heteroatoms. The molecule has 0 radical (unpaired) electrons. The van der Waals surface area contributed by atoms with Crippen molar-refractivity contribution < 1.29 is 22.5 Å². The average Bonchev–Trinajstić information content (AvgIpc) is 3.08. The second kappa shape index (κ2) is 5.01. The van der Waals surface area contributed by atoms with E-state index in [1.807, 2.05) is 32.3 Å². The van der Waals surface area contributed by atoms with Crippen molar-refractivity contribution in [2.24, 2.45) is 0 Å². The van der Waals surface area contributed by atoms with Gasteiger partial charge in [0.2, 0.25) is 0 Å². The van der Waals surface area contributed by atoms with Crippen LogP contribution in [0.1, 0.15) is 45.5 Å². The minimum atomic E-state index is -4.49. The molecule has 4 rings (SSSR count). The van der Waals surface area contributed by atoms with Gasteiger partial charge in [-0.1, -0.05) is 0 Å². The predicted molar refractivity (Wildman–Crippen MR) is 88.8 cm³/mol. The molecule has 134 valence electrons. The third-order valence-corrected chi connectivity index (χ3v) is 5.59. The number of imidazole rings is 1. The van der Waals surface area contributed by atoms with Crippen LogP contribution >= 0.6 is 0 Å². The first-order chi connectivity index (χ1) is 11.5. The zero-order valence-corrected chi connectivity index (χ0v) is 14.7. The molecule has 1 aromatic heterocycles. The quantitative estimate of drug-likeness (QED) is 0.739. The van der Waals surface area contributed by atoms with Crippen LogP contribution in [-0.4, -0.2) is 27.9 Å². The number of halogens is 3. The van der Waals surface area contributed by atoms with E-state index in [1.54, 1.807) is 0 Å². The summed E-state index contributed by atoms with van der Waals surface area (Å²) < 4.78 is 54.8. The molecular formula is C17H20BF3N2O2. The summed E-state index contributed by atoms with van der Waals surface area (Å²) in [6.07, 6.45) is -2.78. The number of aryl methyl sites for hydroxylation is 2. The fourth-order valence-corrected chi connectivity index (χ4v) is 3.48. The maximum Gasteiger partial charge on any atom is 0.495 e. The summed E-state index contributed by atoms with van der Waals surface area (Å²) >= 11 is 0. The Balaban J connectivity index is 1.88. The zero-order valence-electron chi connectivity index (χ0n) is 14.7. The first kappa shape index (κ1) is 16.9. The van der Waals surface area contributed by atoms with E-state index in [-0.39, 0.29) is 5.46 Å². The van der Waals surface area contributed by atoms with Gasteiger partial charge < -0.3 is 13.9 Å². The lowest BCUT2D eigenvalue weighted by Gasteiger charge is -2.32. The first-order valence-electron chi connectivity index (χ1n) is 8.45. The SMILES string of the molecule is CC1(C)OB(c2cc3nc4n(c3cc2C(F)(F)F)CCC4)OC1(C)C. The molecule has 0 spiro atoms. The summed E-state index contributed by atoms with van der Waals surface area (Å²) in [5.74, 6) is 0.842. The number of alkyl halides is 3. The first-order valence-corrected chi connectivity index (χ1v) is 8.45. The highest BCUT2D eigenvalue weighted by Gasteiger charge is 2.53. The van der Waals surface area contributed by atoms with Crippen LogP contribution in [0.3, 0.4) is 0 Å². The van der Waals surface area contributed by atoms with Gasteiger partial charge >= 0.3 is 13.3 Å². The van der Waals surface area contributed by atoms with Crippen LogP contribution in [-0.2, 0) is 28.5 Å². The van der Waals surface area contributed by atoms with E-state index >= 15 is 0 Å². The molecule has 0 bridgehead atoms. The number of benzene rings is 1. The van der Waals surface area contributed by atoms with Crippen molar-refractivity contribution >= 4 is 23.6 Å². The number of hydrogen-bond acceptors (Lipinski definition) is 3. The van der Waals surface area contributed by atoms with Gasteiger partial charge in [0.25, 0.3) is 0 Å². The molecule has 0 unspecified atom stereocenters. The van der Waals surface area contributed by atoms with Crippen LogP contribution < -0.4 is 5.46 Å². The molecule has 0 amide bonds.